The van der Waals surface area contributed by atoms with Gasteiger partial charge in [0.15, 0.2) is 0 Å². The van der Waals surface area contributed by atoms with Crippen molar-refractivity contribution in [3.05, 3.63) is 17.5 Å². The summed E-state index contributed by atoms with van der Waals surface area (Å²) in [7, 11) is -0.784. The molecule has 0 aliphatic carbocycles. The Morgan fingerprint density at radius 2 is 2.31 bits per heavy atom. The third-order valence-electron chi connectivity index (χ3n) is 2.59. The van der Waals surface area contributed by atoms with Crippen LogP contribution in [-0.4, -0.2) is 22.5 Å². The largest absolute Gasteiger partial charge is 0.314 e. The van der Waals surface area contributed by atoms with Crippen LogP contribution in [0.5, 0.6) is 0 Å². The number of thiophene rings is 1. The van der Waals surface area contributed by atoms with E-state index in [1.807, 2.05) is 17.5 Å². The van der Waals surface area contributed by atoms with E-state index in [1.165, 1.54) is 0 Å². The fourth-order valence-electron chi connectivity index (χ4n) is 1.69. The first-order chi connectivity index (χ1) is 7.77. The summed E-state index contributed by atoms with van der Waals surface area (Å²) in [5.41, 5.74) is 0. The van der Waals surface area contributed by atoms with Crippen molar-refractivity contribution in [1.29, 1.82) is 0 Å². The summed E-state index contributed by atoms with van der Waals surface area (Å²) in [6, 6.07) is 4.51. The van der Waals surface area contributed by atoms with Gasteiger partial charge in [-0.2, -0.15) is 0 Å². The van der Waals surface area contributed by atoms with Crippen LogP contribution < -0.4 is 5.32 Å². The van der Waals surface area contributed by atoms with E-state index in [0.717, 1.165) is 35.8 Å². The maximum absolute atomic E-state index is 11.8. The molecule has 1 aromatic rings. The van der Waals surface area contributed by atoms with E-state index in [-0.39, 0.29) is 0 Å². The standard InChI is InChI=1S/C12H21NOS2/c1-3-11(13-4-2)7-6-10-16(14)12-8-5-9-15-12/h5,8-9,11,13H,3-4,6-7,10H2,1-2H3. The van der Waals surface area contributed by atoms with Gasteiger partial charge in [-0.05, 0) is 37.3 Å². The second-order valence-corrected chi connectivity index (χ2v) is 6.53. The zero-order valence-corrected chi connectivity index (χ0v) is 11.7. The quantitative estimate of drug-likeness (QED) is 0.777. The van der Waals surface area contributed by atoms with Gasteiger partial charge >= 0.3 is 0 Å². The summed E-state index contributed by atoms with van der Waals surface area (Å²) in [5.74, 6) is 0.794. The van der Waals surface area contributed by atoms with Crippen molar-refractivity contribution in [3.8, 4) is 0 Å². The molecule has 0 fully saturated rings. The second-order valence-electron chi connectivity index (χ2n) is 3.79. The maximum atomic E-state index is 11.8. The molecular weight excluding hydrogens is 238 g/mol. The summed E-state index contributed by atoms with van der Waals surface area (Å²) >= 11 is 1.59. The van der Waals surface area contributed by atoms with Gasteiger partial charge in [-0.15, -0.1) is 11.3 Å². The van der Waals surface area contributed by atoms with E-state index < -0.39 is 10.8 Å². The zero-order chi connectivity index (χ0) is 11.8. The third-order valence-corrected chi connectivity index (χ3v) is 5.34. The average Bonchev–Trinajstić information content (AvgIpc) is 2.81. The Labute approximate surface area is 105 Å². The van der Waals surface area contributed by atoms with E-state index in [9.17, 15) is 4.21 Å². The maximum Gasteiger partial charge on any atom is 0.0910 e. The summed E-state index contributed by atoms with van der Waals surface area (Å²) in [4.78, 5) is 0. The first kappa shape index (κ1) is 13.9. The normalized spacial score (nSPS) is 14.9. The molecule has 1 rings (SSSR count). The predicted octanol–water partition coefficient (Wildman–Crippen LogP) is 3.02. The van der Waals surface area contributed by atoms with E-state index in [2.05, 4.69) is 19.2 Å². The molecule has 92 valence electrons. The lowest BCUT2D eigenvalue weighted by Crippen LogP contribution is -2.28. The number of rotatable bonds is 8. The van der Waals surface area contributed by atoms with Gasteiger partial charge in [0.25, 0.3) is 0 Å². The lowest BCUT2D eigenvalue weighted by Gasteiger charge is -2.14. The molecule has 0 saturated heterocycles. The molecule has 0 radical (unpaired) electrons. The lowest BCUT2D eigenvalue weighted by atomic mass is 10.1. The van der Waals surface area contributed by atoms with Crippen molar-refractivity contribution in [2.75, 3.05) is 12.3 Å². The summed E-state index contributed by atoms with van der Waals surface area (Å²) in [6.45, 7) is 5.35. The van der Waals surface area contributed by atoms with Crippen LogP contribution in [0.4, 0.5) is 0 Å². The van der Waals surface area contributed by atoms with Crippen LogP contribution in [0.15, 0.2) is 21.7 Å². The average molecular weight is 259 g/mol. The van der Waals surface area contributed by atoms with Gasteiger partial charge in [0.05, 0.1) is 15.0 Å². The molecule has 2 unspecified atom stereocenters. The van der Waals surface area contributed by atoms with Crippen LogP contribution in [0.3, 0.4) is 0 Å². The van der Waals surface area contributed by atoms with Crippen molar-refractivity contribution in [2.45, 2.75) is 43.4 Å². The molecule has 0 amide bonds. The van der Waals surface area contributed by atoms with Crippen molar-refractivity contribution in [1.82, 2.24) is 5.32 Å². The third kappa shape index (κ3) is 4.76. The molecule has 4 heteroatoms. The van der Waals surface area contributed by atoms with Gasteiger partial charge in [-0.25, -0.2) is 0 Å². The Hall–Kier alpha value is -0.190. The summed E-state index contributed by atoms with van der Waals surface area (Å²) in [5, 5.41) is 5.43. The van der Waals surface area contributed by atoms with Crippen LogP contribution in [0.1, 0.15) is 33.1 Å². The molecule has 1 N–H and O–H groups in total. The van der Waals surface area contributed by atoms with Gasteiger partial charge in [0.2, 0.25) is 0 Å². The van der Waals surface area contributed by atoms with Gasteiger partial charge in [-0.1, -0.05) is 19.9 Å². The molecule has 16 heavy (non-hydrogen) atoms. The first-order valence-corrected chi connectivity index (χ1v) is 8.13. The fourth-order valence-corrected chi connectivity index (χ4v) is 3.85. The van der Waals surface area contributed by atoms with Gasteiger partial charge < -0.3 is 5.32 Å². The van der Waals surface area contributed by atoms with Crippen molar-refractivity contribution in [3.63, 3.8) is 0 Å². The fraction of sp³-hybridized carbons (Fsp3) is 0.667. The van der Waals surface area contributed by atoms with Crippen LogP contribution in [0.25, 0.3) is 0 Å². The van der Waals surface area contributed by atoms with E-state index in [0.29, 0.717) is 6.04 Å². The molecular formula is C12H21NOS2. The van der Waals surface area contributed by atoms with E-state index >= 15 is 0 Å². The Kier molecular flexibility index (Phi) is 6.92. The predicted molar refractivity (Wildman–Crippen MR) is 72.6 cm³/mol. The van der Waals surface area contributed by atoms with Crippen molar-refractivity contribution < 1.29 is 4.21 Å². The van der Waals surface area contributed by atoms with Crippen LogP contribution in [0, 0.1) is 0 Å². The topological polar surface area (TPSA) is 29.1 Å². The molecule has 0 bridgehead atoms. The molecule has 0 aliphatic heterocycles. The van der Waals surface area contributed by atoms with E-state index in [1.54, 1.807) is 11.3 Å². The van der Waals surface area contributed by atoms with Gasteiger partial charge in [0.1, 0.15) is 0 Å². The van der Waals surface area contributed by atoms with Gasteiger partial charge in [-0.3, -0.25) is 4.21 Å². The minimum Gasteiger partial charge on any atom is -0.314 e. The highest BCUT2D eigenvalue weighted by molar-refractivity contribution is 7.87. The molecule has 0 spiro atoms. The van der Waals surface area contributed by atoms with Crippen LogP contribution >= 0.6 is 11.3 Å². The smallest absolute Gasteiger partial charge is 0.0910 e. The Balaban J connectivity index is 2.22. The highest BCUT2D eigenvalue weighted by Gasteiger charge is 2.07. The number of nitrogens with one attached hydrogen (secondary N) is 1. The zero-order valence-electron chi connectivity index (χ0n) is 10.1. The lowest BCUT2D eigenvalue weighted by molar-refractivity contribution is 0.476. The number of hydrogen-bond donors (Lipinski definition) is 1. The number of hydrogen-bond acceptors (Lipinski definition) is 3. The minimum absolute atomic E-state index is 0.588. The monoisotopic (exact) mass is 259 g/mol. The highest BCUT2D eigenvalue weighted by atomic mass is 32.2. The Morgan fingerprint density at radius 3 is 2.88 bits per heavy atom. The molecule has 0 aromatic carbocycles. The highest BCUT2D eigenvalue weighted by Crippen LogP contribution is 2.15. The Bertz CT molecular complexity index is 298. The van der Waals surface area contributed by atoms with Gasteiger partial charge in [0, 0.05) is 11.8 Å². The second kappa shape index (κ2) is 7.98. The molecule has 2 atom stereocenters. The molecule has 1 aromatic heterocycles. The molecule has 2 nitrogen and oxygen atoms in total. The summed E-state index contributed by atoms with van der Waals surface area (Å²) in [6.07, 6.45) is 3.32. The molecule has 1 heterocycles. The van der Waals surface area contributed by atoms with Crippen molar-refractivity contribution >= 4 is 22.1 Å². The van der Waals surface area contributed by atoms with Crippen LogP contribution in [-0.2, 0) is 10.8 Å². The van der Waals surface area contributed by atoms with Crippen LogP contribution in [0.2, 0.25) is 0 Å². The van der Waals surface area contributed by atoms with Crippen molar-refractivity contribution in [2.24, 2.45) is 0 Å². The molecule has 0 aliphatic rings. The Morgan fingerprint density at radius 1 is 1.50 bits per heavy atom. The molecule has 0 saturated carbocycles. The summed E-state index contributed by atoms with van der Waals surface area (Å²) < 4.78 is 12.8. The minimum atomic E-state index is -0.784. The first-order valence-electron chi connectivity index (χ1n) is 5.93. The van der Waals surface area contributed by atoms with E-state index in [4.69, 9.17) is 0 Å². The SMILES string of the molecule is CCNC(CC)CCCS(=O)c1cccs1.